The smallest absolute Gasteiger partial charge is 0.336 e. The van der Waals surface area contributed by atoms with Gasteiger partial charge in [-0.05, 0) is 32.9 Å². The van der Waals surface area contributed by atoms with Crippen LogP contribution in [0.4, 0.5) is 0 Å². The molecule has 1 aromatic heterocycles. The molecule has 1 aromatic carbocycles. The molecule has 7 heteroatoms. The Bertz CT molecular complexity index is 1040. The molecule has 166 valence electrons. The van der Waals surface area contributed by atoms with Crippen LogP contribution in [-0.4, -0.2) is 41.6 Å². The van der Waals surface area contributed by atoms with E-state index in [1.165, 1.54) is 0 Å². The maximum absolute atomic E-state index is 13.1. The van der Waals surface area contributed by atoms with E-state index in [4.69, 9.17) is 9.47 Å². The van der Waals surface area contributed by atoms with Gasteiger partial charge in [-0.15, -0.1) is 0 Å². The number of aromatic nitrogens is 1. The van der Waals surface area contributed by atoms with Crippen molar-refractivity contribution in [2.45, 2.75) is 33.1 Å². The summed E-state index contributed by atoms with van der Waals surface area (Å²) in [6, 6.07) is 14.1. The highest BCUT2D eigenvalue weighted by Gasteiger charge is 2.44. The van der Waals surface area contributed by atoms with Crippen LogP contribution >= 0.6 is 0 Å². The van der Waals surface area contributed by atoms with Gasteiger partial charge in [-0.25, -0.2) is 4.79 Å². The molecule has 0 saturated heterocycles. The Hall–Kier alpha value is -3.61. The molecular weight excluding hydrogens is 408 g/mol. The van der Waals surface area contributed by atoms with Crippen molar-refractivity contribution in [1.29, 1.82) is 0 Å². The predicted molar refractivity (Wildman–Crippen MR) is 119 cm³/mol. The Labute approximate surface area is 187 Å². The first-order valence-corrected chi connectivity index (χ1v) is 10.6. The van der Waals surface area contributed by atoms with Gasteiger partial charge in [0.1, 0.15) is 5.92 Å². The van der Waals surface area contributed by atoms with Gasteiger partial charge in [-0.2, -0.15) is 0 Å². The van der Waals surface area contributed by atoms with E-state index in [1.807, 2.05) is 6.07 Å². The van der Waals surface area contributed by atoms with E-state index in [0.717, 1.165) is 0 Å². The molecule has 2 aromatic rings. The van der Waals surface area contributed by atoms with Crippen molar-refractivity contribution in [3.63, 3.8) is 0 Å². The average Bonchev–Trinajstić information content (AvgIpc) is 2.80. The molecule has 0 radical (unpaired) electrons. The fraction of sp³-hybridized carbons (Fsp3) is 0.320. The zero-order valence-electron chi connectivity index (χ0n) is 18.4. The second-order valence-corrected chi connectivity index (χ2v) is 7.26. The minimum Gasteiger partial charge on any atom is -0.465 e. The Morgan fingerprint density at radius 2 is 1.62 bits per heavy atom. The molecular formula is C25H26N2O5. The quantitative estimate of drug-likeness (QED) is 0.462. The molecule has 0 aliphatic carbocycles. The lowest BCUT2D eigenvalue weighted by atomic mass is 9.76. The van der Waals surface area contributed by atoms with Gasteiger partial charge < -0.3 is 9.47 Å². The summed E-state index contributed by atoms with van der Waals surface area (Å²) in [7, 11) is 0. The van der Waals surface area contributed by atoms with E-state index in [1.54, 1.807) is 69.4 Å². The van der Waals surface area contributed by atoms with Gasteiger partial charge >= 0.3 is 11.9 Å². The number of hydrogen-bond acceptors (Lipinski definition) is 7. The number of hydrogen-bond donors (Lipinski definition) is 0. The molecule has 32 heavy (non-hydrogen) atoms. The molecule has 1 aliphatic heterocycles. The van der Waals surface area contributed by atoms with E-state index in [9.17, 15) is 14.4 Å². The second-order valence-electron chi connectivity index (χ2n) is 7.26. The van der Waals surface area contributed by atoms with Gasteiger partial charge in [-0.1, -0.05) is 36.4 Å². The van der Waals surface area contributed by atoms with E-state index in [0.29, 0.717) is 17.0 Å². The van der Waals surface area contributed by atoms with Crippen LogP contribution < -0.4 is 0 Å². The largest absolute Gasteiger partial charge is 0.465 e. The van der Waals surface area contributed by atoms with E-state index in [2.05, 4.69) is 9.98 Å². The third kappa shape index (κ3) is 4.99. The van der Waals surface area contributed by atoms with Crippen molar-refractivity contribution >= 4 is 23.4 Å². The minimum atomic E-state index is -0.847. The highest BCUT2D eigenvalue weighted by molar-refractivity contribution is 6.08. The van der Waals surface area contributed by atoms with Gasteiger partial charge in [0.25, 0.3) is 0 Å². The molecule has 0 saturated carbocycles. The molecule has 0 bridgehead atoms. The molecule has 2 atom stereocenters. The van der Waals surface area contributed by atoms with Crippen LogP contribution in [0.5, 0.6) is 0 Å². The number of rotatable bonds is 8. The van der Waals surface area contributed by atoms with Crippen molar-refractivity contribution < 1.29 is 23.9 Å². The number of esters is 2. The minimum absolute atomic E-state index is 0.103. The zero-order chi connectivity index (χ0) is 23.1. The van der Waals surface area contributed by atoms with Crippen LogP contribution in [-0.2, 0) is 19.1 Å². The van der Waals surface area contributed by atoms with Crippen LogP contribution in [0.2, 0.25) is 0 Å². The van der Waals surface area contributed by atoms with Crippen molar-refractivity contribution in [2.75, 3.05) is 13.2 Å². The fourth-order valence-electron chi connectivity index (χ4n) is 3.81. The second kappa shape index (κ2) is 10.6. The summed E-state index contributed by atoms with van der Waals surface area (Å²) >= 11 is 0. The number of ether oxygens (including phenoxy) is 2. The molecule has 1 aliphatic rings. The number of aliphatic imine (C=N–C) groups is 1. The topological polar surface area (TPSA) is 94.9 Å². The first kappa shape index (κ1) is 23.1. The van der Waals surface area contributed by atoms with Crippen molar-refractivity contribution in [1.82, 2.24) is 4.98 Å². The normalized spacial score (nSPS) is 18.0. The SMILES string of the molecule is CCOC(=O)C1=C(CC(=O)c2ccccc2)N=C(C)C(C(=O)OCC)[C@@H]1c1ccccn1. The number of benzene rings is 1. The lowest BCUT2D eigenvalue weighted by Gasteiger charge is -2.31. The average molecular weight is 434 g/mol. The Morgan fingerprint density at radius 1 is 0.938 bits per heavy atom. The summed E-state index contributed by atoms with van der Waals surface area (Å²) in [6.45, 7) is 5.45. The molecule has 1 unspecified atom stereocenters. The number of Topliss-reactive ketones (excluding diaryl/α,β-unsaturated/α-hetero) is 1. The highest BCUT2D eigenvalue weighted by atomic mass is 16.5. The summed E-state index contributed by atoms with van der Waals surface area (Å²) in [6.07, 6.45) is 1.49. The van der Waals surface area contributed by atoms with E-state index in [-0.39, 0.29) is 36.7 Å². The molecule has 3 rings (SSSR count). The molecule has 0 spiro atoms. The number of ketones is 1. The number of allylic oxidation sites excluding steroid dienone is 1. The first-order valence-electron chi connectivity index (χ1n) is 10.6. The Balaban J connectivity index is 2.15. The summed E-state index contributed by atoms with van der Waals surface area (Å²) < 4.78 is 10.6. The van der Waals surface area contributed by atoms with Gasteiger partial charge in [0.15, 0.2) is 5.78 Å². The summed E-state index contributed by atoms with van der Waals surface area (Å²) in [4.78, 5) is 47.9. The van der Waals surface area contributed by atoms with E-state index >= 15 is 0 Å². The lowest BCUT2D eigenvalue weighted by Crippen LogP contribution is -2.37. The van der Waals surface area contributed by atoms with Crippen molar-refractivity contribution in [3.05, 3.63) is 77.3 Å². The van der Waals surface area contributed by atoms with Crippen molar-refractivity contribution in [2.24, 2.45) is 10.9 Å². The van der Waals surface area contributed by atoms with Gasteiger partial charge in [-0.3, -0.25) is 19.6 Å². The first-order chi connectivity index (χ1) is 15.5. The Morgan fingerprint density at radius 3 is 2.25 bits per heavy atom. The Kier molecular flexibility index (Phi) is 7.65. The molecule has 0 N–H and O–H groups in total. The monoisotopic (exact) mass is 434 g/mol. The van der Waals surface area contributed by atoms with Crippen molar-refractivity contribution in [3.8, 4) is 0 Å². The maximum atomic E-state index is 13.1. The third-order valence-corrected chi connectivity index (χ3v) is 5.18. The predicted octanol–water partition coefficient (Wildman–Crippen LogP) is 3.91. The number of carbonyl (C=O) groups is 3. The lowest BCUT2D eigenvalue weighted by molar-refractivity contribution is -0.146. The van der Waals surface area contributed by atoms with Crippen LogP contribution in [0.25, 0.3) is 0 Å². The van der Waals surface area contributed by atoms with Gasteiger partial charge in [0.05, 0.1) is 36.8 Å². The molecule has 7 nitrogen and oxygen atoms in total. The number of pyridine rings is 1. The maximum Gasteiger partial charge on any atom is 0.336 e. The van der Waals surface area contributed by atoms with Crippen LogP contribution in [0.15, 0.2) is 71.0 Å². The highest BCUT2D eigenvalue weighted by Crippen LogP contribution is 2.40. The van der Waals surface area contributed by atoms with Crippen LogP contribution in [0.1, 0.15) is 49.2 Å². The fourth-order valence-corrected chi connectivity index (χ4v) is 3.81. The van der Waals surface area contributed by atoms with Gasteiger partial charge in [0.2, 0.25) is 0 Å². The number of nitrogens with zero attached hydrogens (tertiary/aromatic N) is 2. The third-order valence-electron chi connectivity index (χ3n) is 5.18. The zero-order valence-corrected chi connectivity index (χ0v) is 18.4. The number of carbonyl (C=O) groups excluding carboxylic acids is 3. The molecule has 2 heterocycles. The van der Waals surface area contributed by atoms with Gasteiger partial charge in [0, 0.05) is 23.2 Å². The summed E-state index contributed by atoms with van der Waals surface area (Å²) in [5.41, 5.74) is 1.93. The van der Waals surface area contributed by atoms with Crippen LogP contribution in [0.3, 0.4) is 0 Å². The van der Waals surface area contributed by atoms with E-state index < -0.39 is 23.8 Å². The summed E-state index contributed by atoms with van der Waals surface area (Å²) in [5, 5.41) is 0. The summed E-state index contributed by atoms with van der Waals surface area (Å²) in [5.74, 6) is -2.93. The van der Waals surface area contributed by atoms with Crippen LogP contribution in [0, 0.1) is 5.92 Å². The molecule has 0 amide bonds. The standard InChI is InChI=1S/C25H26N2O5/c1-4-31-24(29)21-16(3)27-19(15-20(28)17-11-7-6-8-12-17)23(25(30)32-5-2)22(21)18-13-9-10-14-26-18/h6-14,21-22H,4-5,15H2,1-3H3/t21?,22-/m0/s1. The molecule has 0 fully saturated rings.